The van der Waals surface area contributed by atoms with E-state index in [-0.39, 0.29) is 5.82 Å². The molecule has 0 saturated carbocycles. The van der Waals surface area contributed by atoms with Crippen LogP contribution in [0.2, 0.25) is 0 Å². The highest BCUT2D eigenvalue weighted by Gasteiger charge is 2.06. The van der Waals surface area contributed by atoms with E-state index in [2.05, 4.69) is 27.8 Å². The van der Waals surface area contributed by atoms with Gasteiger partial charge in [0.1, 0.15) is 11.6 Å². The fourth-order valence-corrected chi connectivity index (χ4v) is 1.86. The Morgan fingerprint density at radius 3 is 2.94 bits per heavy atom. The Hall–Kier alpha value is -1.16. The Balaban J connectivity index is 2.42. The second-order valence-electron chi connectivity index (χ2n) is 3.56. The molecule has 0 aliphatic carbocycles. The maximum absolute atomic E-state index is 13.4. The van der Waals surface area contributed by atoms with Crippen LogP contribution in [-0.2, 0) is 6.42 Å². The van der Waals surface area contributed by atoms with Crippen LogP contribution in [0, 0.1) is 5.82 Å². The van der Waals surface area contributed by atoms with Crippen molar-refractivity contribution in [2.75, 3.05) is 0 Å². The minimum Gasteiger partial charge on any atom is -0.304 e. The maximum atomic E-state index is 13.4. The van der Waals surface area contributed by atoms with Gasteiger partial charge in [-0.3, -0.25) is 0 Å². The highest BCUT2D eigenvalue weighted by atomic mass is 79.9. The second kappa shape index (κ2) is 4.78. The second-order valence-corrected chi connectivity index (χ2v) is 4.42. The molecule has 0 aliphatic heterocycles. The zero-order valence-corrected chi connectivity index (χ0v) is 10.5. The first-order valence-corrected chi connectivity index (χ1v) is 5.99. The molecule has 0 unspecified atom stereocenters. The number of hydrogen-bond donors (Lipinski definition) is 0. The lowest BCUT2D eigenvalue weighted by Gasteiger charge is -2.07. The predicted molar refractivity (Wildman–Crippen MR) is 65.2 cm³/mol. The van der Waals surface area contributed by atoms with E-state index in [9.17, 15) is 4.39 Å². The lowest BCUT2D eigenvalue weighted by molar-refractivity contribution is 0.619. The van der Waals surface area contributed by atoms with E-state index >= 15 is 0 Å². The van der Waals surface area contributed by atoms with Crippen LogP contribution >= 0.6 is 15.9 Å². The third-order valence-electron chi connectivity index (χ3n) is 2.37. The van der Waals surface area contributed by atoms with E-state index in [4.69, 9.17) is 0 Å². The van der Waals surface area contributed by atoms with Crippen molar-refractivity contribution in [3.05, 3.63) is 46.7 Å². The molecule has 0 atom stereocenters. The van der Waals surface area contributed by atoms with E-state index in [0.717, 1.165) is 24.4 Å². The molecule has 0 radical (unpaired) electrons. The highest BCUT2D eigenvalue weighted by Crippen LogP contribution is 2.20. The summed E-state index contributed by atoms with van der Waals surface area (Å²) < 4.78 is 15.8. The van der Waals surface area contributed by atoms with Gasteiger partial charge in [-0.2, -0.15) is 0 Å². The van der Waals surface area contributed by atoms with Crippen LogP contribution in [0.5, 0.6) is 0 Å². The topological polar surface area (TPSA) is 17.8 Å². The van der Waals surface area contributed by atoms with Crippen molar-refractivity contribution in [2.24, 2.45) is 0 Å². The fourth-order valence-electron chi connectivity index (χ4n) is 1.61. The van der Waals surface area contributed by atoms with Crippen molar-refractivity contribution in [2.45, 2.75) is 19.8 Å². The summed E-state index contributed by atoms with van der Waals surface area (Å²) in [7, 11) is 0. The molecule has 0 amide bonds. The fraction of sp³-hybridized carbons (Fsp3) is 0.250. The Kier molecular flexibility index (Phi) is 3.39. The third-order valence-corrected chi connectivity index (χ3v) is 3.02. The SMILES string of the molecule is CCCc1nccn1-c1ccc(Br)c(F)c1. The van der Waals surface area contributed by atoms with Gasteiger partial charge in [0.2, 0.25) is 0 Å². The number of benzene rings is 1. The zero-order chi connectivity index (χ0) is 11.5. The molecule has 0 saturated heterocycles. The van der Waals surface area contributed by atoms with Crippen molar-refractivity contribution < 1.29 is 4.39 Å². The van der Waals surface area contributed by atoms with Gasteiger partial charge in [-0.05, 0) is 40.5 Å². The van der Waals surface area contributed by atoms with Gasteiger partial charge >= 0.3 is 0 Å². The van der Waals surface area contributed by atoms with Gasteiger partial charge in [0.15, 0.2) is 0 Å². The van der Waals surface area contributed by atoms with E-state index < -0.39 is 0 Å². The van der Waals surface area contributed by atoms with Crippen LogP contribution in [0.15, 0.2) is 35.1 Å². The molecular formula is C12H12BrFN2. The lowest BCUT2D eigenvalue weighted by atomic mass is 10.3. The Bertz CT molecular complexity index is 494. The molecule has 1 heterocycles. The van der Waals surface area contributed by atoms with E-state index in [1.807, 2.05) is 16.8 Å². The molecule has 0 fully saturated rings. The first-order valence-electron chi connectivity index (χ1n) is 5.20. The Morgan fingerprint density at radius 2 is 2.25 bits per heavy atom. The molecular weight excluding hydrogens is 271 g/mol. The normalized spacial score (nSPS) is 10.7. The van der Waals surface area contributed by atoms with Crippen molar-refractivity contribution in [3.8, 4) is 5.69 Å². The number of imidazole rings is 1. The molecule has 2 rings (SSSR count). The molecule has 84 valence electrons. The van der Waals surface area contributed by atoms with Gasteiger partial charge in [0, 0.05) is 24.5 Å². The van der Waals surface area contributed by atoms with Gasteiger partial charge in [-0.1, -0.05) is 6.92 Å². The number of aryl methyl sites for hydroxylation is 1. The van der Waals surface area contributed by atoms with E-state index in [0.29, 0.717) is 4.47 Å². The molecule has 1 aromatic carbocycles. The summed E-state index contributed by atoms with van der Waals surface area (Å²) in [6, 6.07) is 5.08. The standard InChI is InChI=1S/C12H12BrFN2/c1-2-3-12-15-6-7-16(12)9-4-5-10(13)11(14)8-9/h4-8H,2-3H2,1H3. The van der Waals surface area contributed by atoms with Crippen molar-refractivity contribution in [1.29, 1.82) is 0 Å². The molecule has 0 N–H and O–H groups in total. The van der Waals surface area contributed by atoms with Gasteiger partial charge in [-0.25, -0.2) is 9.37 Å². The largest absolute Gasteiger partial charge is 0.304 e. The van der Waals surface area contributed by atoms with Crippen molar-refractivity contribution in [1.82, 2.24) is 9.55 Å². The zero-order valence-electron chi connectivity index (χ0n) is 8.95. The Morgan fingerprint density at radius 1 is 1.44 bits per heavy atom. The quantitative estimate of drug-likeness (QED) is 0.839. The van der Waals surface area contributed by atoms with Crippen LogP contribution in [0.1, 0.15) is 19.2 Å². The highest BCUT2D eigenvalue weighted by molar-refractivity contribution is 9.10. The number of halogens is 2. The number of aromatic nitrogens is 2. The molecule has 2 nitrogen and oxygen atoms in total. The third kappa shape index (κ3) is 2.16. The number of nitrogens with zero attached hydrogens (tertiary/aromatic N) is 2. The molecule has 1 aromatic heterocycles. The summed E-state index contributed by atoms with van der Waals surface area (Å²) in [6.45, 7) is 2.10. The average Bonchev–Trinajstić information content (AvgIpc) is 2.71. The average molecular weight is 283 g/mol. The van der Waals surface area contributed by atoms with Gasteiger partial charge in [0.05, 0.1) is 4.47 Å². The van der Waals surface area contributed by atoms with Crippen molar-refractivity contribution in [3.63, 3.8) is 0 Å². The van der Waals surface area contributed by atoms with Crippen LogP contribution < -0.4 is 0 Å². The molecule has 0 aliphatic rings. The predicted octanol–water partition coefficient (Wildman–Crippen LogP) is 3.73. The summed E-state index contributed by atoms with van der Waals surface area (Å²) in [5, 5.41) is 0. The summed E-state index contributed by atoms with van der Waals surface area (Å²) in [5.41, 5.74) is 0.807. The maximum Gasteiger partial charge on any atom is 0.139 e. The molecule has 16 heavy (non-hydrogen) atoms. The monoisotopic (exact) mass is 282 g/mol. The summed E-state index contributed by atoms with van der Waals surface area (Å²) in [4.78, 5) is 4.26. The minimum absolute atomic E-state index is 0.256. The lowest BCUT2D eigenvalue weighted by Crippen LogP contribution is -2.00. The van der Waals surface area contributed by atoms with Crippen LogP contribution in [0.4, 0.5) is 4.39 Å². The summed E-state index contributed by atoms with van der Waals surface area (Å²) in [5.74, 6) is 0.706. The smallest absolute Gasteiger partial charge is 0.139 e. The van der Waals surface area contributed by atoms with Gasteiger partial charge in [0.25, 0.3) is 0 Å². The first kappa shape index (κ1) is 11.3. The van der Waals surface area contributed by atoms with E-state index in [1.165, 1.54) is 6.07 Å². The Labute approximate surface area is 102 Å². The number of hydrogen-bond acceptors (Lipinski definition) is 1. The van der Waals surface area contributed by atoms with Crippen LogP contribution in [0.3, 0.4) is 0 Å². The van der Waals surface area contributed by atoms with Crippen LogP contribution in [-0.4, -0.2) is 9.55 Å². The molecule has 0 spiro atoms. The number of rotatable bonds is 3. The summed E-state index contributed by atoms with van der Waals surface area (Å²) >= 11 is 3.14. The molecule has 4 heteroatoms. The molecule has 2 aromatic rings. The van der Waals surface area contributed by atoms with Crippen LogP contribution in [0.25, 0.3) is 5.69 Å². The van der Waals surface area contributed by atoms with Crippen molar-refractivity contribution >= 4 is 15.9 Å². The minimum atomic E-state index is -0.256. The van der Waals surface area contributed by atoms with E-state index in [1.54, 1.807) is 12.3 Å². The molecule has 0 bridgehead atoms. The first-order chi connectivity index (χ1) is 7.72. The summed E-state index contributed by atoms with van der Waals surface area (Å²) in [6.07, 6.45) is 5.51. The van der Waals surface area contributed by atoms with Gasteiger partial charge < -0.3 is 4.57 Å². The van der Waals surface area contributed by atoms with Gasteiger partial charge in [-0.15, -0.1) is 0 Å².